The van der Waals surface area contributed by atoms with Crippen LogP contribution in [0.4, 0.5) is 0 Å². The fourth-order valence-corrected chi connectivity index (χ4v) is 2.86. The van der Waals surface area contributed by atoms with Crippen LogP contribution in [0.5, 0.6) is 11.5 Å². The summed E-state index contributed by atoms with van der Waals surface area (Å²) in [4.78, 5) is 22.2. The Hall–Kier alpha value is -2.04. The van der Waals surface area contributed by atoms with E-state index in [0.717, 1.165) is 11.1 Å². The summed E-state index contributed by atoms with van der Waals surface area (Å²) in [6.45, 7) is 6.67. The van der Waals surface area contributed by atoms with E-state index in [1.54, 1.807) is 24.3 Å². The Bertz CT molecular complexity index is 761. The lowest BCUT2D eigenvalue weighted by atomic mass is 9.78. The van der Waals surface area contributed by atoms with Crippen molar-refractivity contribution in [2.75, 3.05) is 0 Å². The lowest BCUT2D eigenvalue weighted by Crippen LogP contribution is -2.19. The summed E-state index contributed by atoms with van der Waals surface area (Å²) in [5.41, 5.74) is 1.42. The lowest BCUT2D eigenvalue weighted by Gasteiger charge is -2.27. The normalized spacial score (nSPS) is 11.1. The summed E-state index contributed by atoms with van der Waals surface area (Å²) in [7, 11) is 0. The fourth-order valence-electron chi connectivity index (χ4n) is 2.42. The van der Waals surface area contributed by atoms with E-state index in [9.17, 15) is 9.59 Å². The third kappa shape index (κ3) is 4.53. The molecule has 0 spiro atoms. The molecule has 0 saturated carbocycles. The summed E-state index contributed by atoms with van der Waals surface area (Å²) in [5, 5.41) is 0.701. The van der Waals surface area contributed by atoms with Gasteiger partial charge in [-0.2, -0.15) is 0 Å². The maximum absolute atomic E-state index is 11.1. The Morgan fingerprint density at radius 2 is 1.16 bits per heavy atom. The number of hydrogen-bond donors (Lipinski definition) is 0. The molecule has 0 saturated heterocycles. The average Bonchev–Trinajstić information content (AvgIpc) is 2.50. The smallest absolute Gasteiger partial charge is 0.308 e. The molecule has 2 aromatic rings. The average molecular weight is 381 g/mol. The van der Waals surface area contributed by atoms with Gasteiger partial charge in [-0.1, -0.05) is 49.2 Å². The SMILES string of the molecule is CC(=O)Oc1ccc(C(C)(C)c2ccc(OC(C)=O)c(Cl)c2)cc1Cl. The summed E-state index contributed by atoms with van der Waals surface area (Å²) in [6.07, 6.45) is 0. The topological polar surface area (TPSA) is 52.6 Å². The molecule has 6 heteroatoms. The highest BCUT2D eigenvalue weighted by Gasteiger charge is 2.25. The van der Waals surface area contributed by atoms with E-state index in [0.29, 0.717) is 21.5 Å². The van der Waals surface area contributed by atoms with Crippen LogP contribution >= 0.6 is 23.2 Å². The second kappa shape index (κ2) is 7.46. The number of carbonyl (C=O) groups is 2. The van der Waals surface area contributed by atoms with Crippen molar-refractivity contribution in [1.29, 1.82) is 0 Å². The zero-order valence-corrected chi connectivity index (χ0v) is 15.9. The van der Waals surface area contributed by atoms with Crippen molar-refractivity contribution in [1.82, 2.24) is 0 Å². The molecule has 0 fully saturated rings. The van der Waals surface area contributed by atoms with Crippen LogP contribution in [-0.2, 0) is 15.0 Å². The van der Waals surface area contributed by atoms with Gasteiger partial charge in [-0.05, 0) is 35.4 Å². The molecule has 0 aromatic heterocycles. The van der Waals surface area contributed by atoms with Gasteiger partial charge in [0.2, 0.25) is 0 Å². The zero-order valence-electron chi connectivity index (χ0n) is 14.4. The highest BCUT2D eigenvalue weighted by Crippen LogP contribution is 2.38. The molecule has 0 heterocycles. The maximum Gasteiger partial charge on any atom is 0.308 e. The second-order valence-corrected chi connectivity index (χ2v) is 6.92. The number of rotatable bonds is 4. The number of ether oxygens (including phenoxy) is 2. The molecule has 2 rings (SSSR count). The predicted molar refractivity (Wildman–Crippen MR) is 97.7 cm³/mol. The minimum absolute atomic E-state index is 0.317. The van der Waals surface area contributed by atoms with Gasteiger partial charge in [-0.3, -0.25) is 9.59 Å². The van der Waals surface area contributed by atoms with Crippen molar-refractivity contribution < 1.29 is 19.1 Å². The van der Waals surface area contributed by atoms with Gasteiger partial charge in [0.05, 0.1) is 10.0 Å². The number of hydrogen-bond acceptors (Lipinski definition) is 4. The van der Waals surface area contributed by atoms with E-state index in [1.807, 2.05) is 26.0 Å². The van der Waals surface area contributed by atoms with E-state index >= 15 is 0 Å². The van der Waals surface area contributed by atoms with Crippen molar-refractivity contribution in [2.45, 2.75) is 33.1 Å². The van der Waals surface area contributed by atoms with Gasteiger partial charge in [0, 0.05) is 19.3 Å². The first kappa shape index (κ1) is 19.3. The molecular formula is C19H18Cl2O4. The number of esters is 2. The Morgan fingerprint density at radius 1 is 0.800 bits per heavy atom. The molecule has 132 valence electrons. The molecule has 25 heavy (non-hydrogen) atoms. The summed E-state index contributed by atoms with van der Waals surface area (Å²) < 4.78 is 10.1. The van der Waals surface area contributed by atoms with Crippen LogP contribution < -0.4 is 9.47 Å². The highest BCUT2D eigenvalue weighted by molar-refractivity contribution is 6.32. The lowest BCUT2D eigenvalue weighted by molar-refractivity contribution is -0.132. The standard InChI is InChI=1S/C19H18Cl2O4/c1-11(22)24-17-7-5-13(9-15(17)20)19(3,4)14-6-8-18(16(21)10-14)25-12(2)23/h5-10H,1-4H3. The monoisotopic (exact) mass is 380 g/mol. The molecule has 0 amide bonds. The molecule has 2 aromatic carbocycles. The fraction of sp³-hybridized carbons (Fsp3) is 0.263. The molecule has 0 radical (unpaired) electrons. The van der Waals surface area contributed by atoms with E-state index < -0.39 is 17.4 Å². The van der Waals surface area contributed by atoms with Crippen LogP contribution in [0.3, 0.4) is 0 Å². The molecule has 4 nitrogen and oxygen atoms in total. The molecule has 0 atom stereocenters. The molecule has 0 aliphatic heterocycles. The third-order valence-electron chi connectivity index (χ3n) is 3.81. The van der Waals surface area contributed by atoms with Gasteiger partial charge in [0.1, 0.15) is 11.5 Å². The first-order chi connectivity index (χ1) is 11.6. The predicted octanol–water partition coefficient (Wildman–Crippen LogP) is 5.17. The van der Waals surface area contributed by atoms with Crippen molar-refractivity contribution in [3.05, 3.63) is 57.6 Å². The van der Waals surface area contributed by atoms with Crippen LogP contribution in [0.25, 0.3) is 0 Å². The van der Waals surface area contributed by atoms with Gasteiger partial charge >= 0.3 is 11.9 Å². The van der Waals surface area contributed by atoms with Crippen molar-refractivity contribution in [3.63, 3.8) is 0 Å². The molecule has 0 unspecified atom stereocenters. The van der Waals surface area contributed by atoms with Crippen molar-refractivity contribution in [2.24, 2.45) is 0 Å². The Balaban J connectivity index is 2.38. The molecular weight excluding hydrogens is 363 g/mol. The van der Waals surface area contributed by atoms with Crippen LogP contribution in [0, 0.1) is 0 Å². The summed E-state index contributed by atoms with van der Waals surface area (Å²) in [6, 6.07) is 10.5. The first-order valence-electron chi connectivity index (χ1n) is 7.58. The quantitative estimate of drug-likeness (QED) is 0.542. The van der Waals surface area contributed by atoms with E-state index in [2.05, 4.69) is 0 Å². The largest absolute Gasteiger partial charge is 0.425 e. The van der Waals surface area contributed by atoms with Crippen LogP contribution in [0.2, 0.25) is 10.0 Å². The zero-order chi connectivity index (χ0) is 18.8. The number of carbonyl (C=O) groups excluding carboxylic acids is 2. The maximum atomic E-state index is 11.1. The van der Waals surface area contributed by atoms with E-state index in [-0.39, 0.29) is 0 Å². The Kier molecular flexibility index (Phi) is 5.76. The van der Waals surface area contributed by atoms with Crippen molar-refractivity contribution >= 4 is 35.1 Å². The Morgan fingerprint density at radius 3 is 1.44 bits per heavy atom. The minimum Gasteiger partial charge on any atom is -0.425 e. The van der Waals surface area contributed by atoms with E-state index in [1.165, 1.54) is 13.8 Å². The summed E-state index contributed by atoms with van der Waals surface area (Å²) in [5.74, 6) is -0.225. The molecule has 0 aliphatic carbocycles. The third-order valence-corrected chi connectivity index (χ3v) is 4.41. The van der Waals surface area contributed by atoms with Gasteiger partial charge < -0.3 is 9.47 Å². The van der Waals surface area contributed by atoms with Gasteiger partial charge in [0.15, 0.2) is 0 Å². The van der Waals surface area contributed by atoms with Crippen molar-refractivity contribution in [3.8, 4) is 11.5 Å². The van der Waals surface area contributed by atoms with Crippen LogP contribution in [0.15, 0.2) is 36.4 Å². The second-order valence-electron chi connectivity index (χ2n) is 6.10. The van der Waals surface area contributed by atoms with Gasteiger partial charge in [-0.25, -0.2) is 0 Å². The molecule has 0 bridgehead atoms. The van der Waals surface area contributed by atoms with Crippen LogP contribution in [0.1, 0.15) is 38.8 Å². The van der Waals surface area contributed by atoms with E-state index in [4.69, 9.17) is 32.7 Å². The number of benzene rings is 2. The first-order valence-corrected chi connectivity index (χ1v) is 8.33. The summed E-state index contributed by atoms with van der Waals surface area (Å²) >= 11 is 12.4. The van der Waals surface area contributed by atoms with Crippen LogP contribution in [-0.4, -0.2) is 11.9 Å². The highest BCUT2D eigenvalue weighted by atomic mass is 35.5. The molecule has 0 N–H and O–H groups in total. The van der Waals surface area contributed by atoms with Gasteiger partial charge in [-0.15, -0.1) is 0 Å². The minimum atomic E-state index is -0.429. The molecule has 0 aliphatic rings. The van der Waals surface area contributed by atoms with Gasteiger partial charge in [0.25, 0.3) is 0 Å². The number of halogens is 2. The Labute approximate surface area is 156 Å².